The van der Waals surface area contributed by atoms with Gasteiger partial charge in [0.15, 0.2) is 5.25 Å². The summed E-state index contributed by atoms with van der Waals surface area (Å²) in [7, 11) is 0. The third-order valence-electron chi connectivity index (χ3n) is 6.11. The van der Waals surface area contributed by atoms with Gasteiger partial charge < -0.3 is 15.1 Å². The molecule has 0 aromatic heterocycles. The number of thioether (sulfide) groups is 1. The molecule has 4 rings (SSSR count). The Morgan fingerprint density at radius 3 is 2.50 bits per heavy atom. The molecule has 1 aliphatic carbocycles. The lowest BCUT2D eigenvalue weighted by atomic mass is 9.95. The fourth-order valence-corrected chi connectivity index (χ4v) is 6.24. The summed E-state index contributed by atoms with van der Waals surface area (Å²) in [5.41, 5.74) is 0.703. The number of carbonyl (C=O) groups is 3. The van der Waals surface area contributed by atoms with Crippen LogP contribution in [-0.4, -0.2) is 53.5 Å². The highest BCUT2D eigenvalue weighted by Gasteiger charge is 2.41. The molecular weight excluding hydrogens is 466 g/mol. The van der Waals surface area contributed by atoms with E-state index >= 15 is 0 Å². The molecule has 0 spiro atoms. The van der Waals surface area contributed by atoms with E-state index in [0.29, 0.717) is 18.8 Å². The third kappa shape index (κ3) is 4.85. The molecule has 6 nitrogen and oxygen atoms in total. The quantitative estimate of drug-likeness (QED) is 0.648. The molecule has 2 fully saturated rings. The molecule has 3 aliphatic rings. The Bertz CT molecular complexity index is 822. The van der Waals surface area contributed by atoms with E-state index in [4.69, 9.17) is 0 Å². The molecule has 1 aromatic rings. The molecule has 1 atom stereocenters. The van der Waals surface area contributed by atoms with Gasteiger partial charge in [-0.1, -0.05) is 35.2 Å². The van der Waals surface area contributed by atoms with Crippen LogP contribution in [0.4, 0.5) is 5.69 Å². The first-order chi connectivity index (χ1) is 14.5. The second-order valence-electron chi connectivity index (χ2n) is 8.32. The minimum atomic E-state index is -0.826. The van der Waals surface area contributed by atoms with Crippen molar-refractivity contribution in [1.82, 2.24) is 10.2 Å². The van der Waals surface area contributed by atoms with Crippen molar-refractivity contribution in [3.05, 3.63) is 22.7 Å². The molecule has 0 bridgehead atoms. The zero-order chi connectivity index (χ0) is 21.1. The van der Waals surface area contributed by atoms with E-state index in [1.165, 1.54) is 23.1 Å². The lowest BCUT2D eigenvalue weighted by molar-refractivity contribution is -0.136. The summed E-state index contributed by atoms with van der Waals surface area (Å²) in [6.45, 7) is 1.36. The van der Waals surface area contributed by atoms with Crippen LogP contribution in [0.15, 0.2) is 27.6 Å². The normalized spacial score (nSPS) is 22.6. The minimum absolute atomic E-state index is 0.0473. The molecular formula is C22H28BrN3O3S. The van der Waals surface area contributed by atoms with Gasteiger partial charge in [-0.25, -0.2) is 0 Å². The predicted octanol–water partition coefficient (Wildman–Crippen LogP) is 3.72. The summed E-state index contributed by atoms with van der Waals surface area (Å²) in [6, 6.07) is 5.83. The topological polar surface area (TPSA) is 69.7 Å². The molecule has 3 amide bonds. The second kappa shape index (κ2) is 9.73. The minimum Gasteiger partial charge on any atom is -0.352 e. The first-order valence-electron chi connectivity index (χ1n) is 10.9. The predicted molar refractivity (Wildman–Crippen MR) is 122 cm³/mol. The van der Waals surface area contributed by atoms with Crippen LogP contribution in [0.3, 0.4) is 0 Å². The molecule has 162 valence electrons. The molecule has 0 radical (unpaired) electrons. The van der Waals surface area contributed by atoms with E-state index in [9.17, 15) is 14.4 Å². The summed E-state index contributed by atoms with van der Waals surface area (Å²) in [5, 5.41) is 2.27. The SMILES string of the molecule is O=C(CN1C(=O)C(C(=O)N2CCCCC2)Sc2cc(Br)ccc21)NC1CCCCC1. The van der Waals surface area contributed by atoms with E-state index in [-0.39, 0.29) is 30.3 Å². The molecule has 1 saturated carbocycles. The van der Waals surface area contributed by atoms with Crippen LogP contribution in [0, 0.1) is 0 Å². The maximum absolute atomic E-state index is 13.4. The van der Waals surface area contributed by atoms with Crippen molar-refractivity contribution in [2.75, 3.05) is 24.5 Å². The third-order valence-corrected chi connectivity index (χ3v) is 7.82. The van der Waals surface area contributed by atoms with Crippen LogP contribution in [-0.2, 0) is 14.4 Å². The monoisotopic (exact) mass is 493 g/mol. The highest BCUT2D eigenvalue weighted by Crippen LogP contribution is 2.41. The number of hydrogen-bond acceptors (Lipinski definition) is 4. The van der Waals surface area contributed by atoms with E-state index < -0.39 is 5.25 Å². The van der Waals surface area contributed by atoms with Crippen molar-refractivity contribution in [2.45, 2.75) is 67.6 Å². The lowest BCUT2D eigenvalue weighted by Gasteiger charge is -2.36. The number of amides is 3. The number of carbonyl (C=O) groups excluding carboxylic acids is 3. The van der Waals surface area contributed by atoms with Crippen molar-refractivity contribution in [1.29, 1.82) is 0 Å². The average Bonchev–Trinajstić information content (AvgIpc) is 2.76. The van der Waals surface area contributed by atoms with Crippen LogP contribution in [0.25, 0.3) is 0 Å². The van der Waals surface area contributed by atoms with Crippen molar-refractivity contribution in [3.63, 3.8) is 0 Å². The number of fused-ring (bicyclic) bond motifs is 1. The van der Waals surface area contributed by atoms with Gasteiger partial charge >= 0.3 is 0 Å². The lowest BCUT2D eigenvalue weighted by Crippen LogP contribution is -2.53. The van der Waals surface area contributed by atoms with Gasteiger partial charge in [-0.2, -0.15) is 0 Å². The van der Waals surface area contributed by atoms with E-state index in [1.807, 2.05) is 23.1 Å². The Labute approximate surface area is 190 Å². The van der Waals surface area contributed by atoms with Crippen molar-refractivity contribution < 1.29 is 14.4 Å². The largest absolute Gasteiger partial charge is 0.352 e. The number of likely N-dealkylation sites (tertiary alicyclic amines) is 1. The van der Waals surface area contributed by atoms with Gasteiger partial charge in [0.25, 0.3) is 5.91 Å². The second-order valence-corrected chi connectivity index (χ2v) is 10.4. The van der Waals surface area contributed by atoms with Crippen LogP contribution < -0.4 is 10.2 Å². The van der Waals surface area contributed by atoms with E-state index in [0.717, 1.165) is 54.3 Å². The van der Waals surface area contributed by atoms with Gasteiger partial charge in [0.05, 0.1) is 5.69 Å². The first kappa shape index (κ1) is 21.7. The Hall–Kier alpha value is -1.54. The zero-order valence-electron chi connectivity index (χ0n) is 17.1. The number of nitrogens with zero attached hydrogens (tertiary/aromatic N) is 2. The van der Waals surface area contributed by atoms with E-state index in [2.05, 4.69) is 21.2 Å². The summed E-state index contributed by atoms with van der Waals surface area (Å²) in [6.07, 6.45) is 8.56. The maximum Gasteiger partial charge on any atom is 0.250 e. The fraction of sp³-hybridized carbons (Fsp3) is 0.591. The Morgan fingerprint density at radius 2 is 1.77 bits per heavy atom. The Morgan fingerprint density at radius 1 is 1.07 bits per heavy atom. The Balaban J connectivity index is 1.53. The number of hydrogen-bond donors (Lipinski definition) is 1. The van der Waals surface area contributed by atoms with Gasteiger partial charge in [-0.15, -0.1) is 11.8 Å². The van der Waals surface area contributed by atoms with Crippen molar-refractivity contribution >= 4 is 51.1 Å². The molecule has 1 saturated heterocycles. The average molecular weight is 494 g/mol. The van der Waals surface area contributed by atoms with E-state index in [1.54, 1.807) is 0 Å². The number of halogens is 1. The van der Waals surface area contributed by atoms with Crippen LogP contribution in [0.2, 0.25) is 0 Å². The number of anilines is 1. The Kier molecular flexibility index (Phi) is 7.03. The van der Waals surface area contributed by atoms with Gasteiger partial charge in [0.1, 0.15) is 6.54 Å². The first-order valence-corrected chi connectivity index (χ1v) is 12.6. The van der Waals surface area contributed by atoms with Crippen LogP contribution >= 0.6 is 27.7 Å². The highest BCUT2D eigenvalue weighted by molar-refractivity contribution is 9.10. The summed E-state index contributed by atoms with van der Waals surface area (Å²) in [5.74, 6) is -0.572. The molecule has 1 unspecified atom stereocenters. The van der Waals surface area contributed by atoms with Gasteiger partial charge in [-0.05, 0) is 50.3 Å². The van der Waals surface area contributed by atoms with Crippen molar-refractivity contribution in [2.24, 2.45) is 0 Å². The fourth-order valence-electron chi connectivity index (χ4n) is 4.51. The van der Waals surface area contributed by atoms with Gasteiger partial charge in [0.2, 0.25) is 11.8 Å². The maximum atomic E-state index is 13.4. The molecule has 8 heteroatoms. The number of piperidine rings is 1. The number of benzene rings is 1. The summed E-state index contributed by atoms with van der Waals surface area (Å²) < 4.78 is 0.888. The highest BCUT2D eigenvalue weighted by atomic mass is 79.9. The molecule has 30 heavy (non-hydrogen) atoms. The smallest absolute Gasteiger partial charge is 0.250 e. The molecule has 2 heterocycles. The molecule has 1 aromatic carbocycles. The number of nitrogens with one attached hydrogen (secondary N) is 1. The zero-order valence-corrected chi connectivity index (χ0v) is 19.5. The molecule has 2 aliphatic heterocycles. The van der Waals surface area contributed by atoms with Gasteiger partial charge in [-0.3, -0.25) is 14.4 Å². The van der Waals surface area contributed by atoms with Crippen molar-refractivity contribution in [3.8, 4) is 0 Å². The summed E-state index contributed by atoms with van der Waals surface area (Å²) >= 11 is 4.79. The summed E-state index contributed by atoms with van der Waals surface area (Å²) in [4.78, 5) is 43.4. The van der Waals surface area contributed by atoms with Gasteiger partial charge in [0, 0.05) is 28.5 Å². The number of rotatable bonds is 4. The standard InChI is InChI=1S/C22H28BrN3O3S/c23-15-9-10-17-18(13-15)30-20(21(28)25-11-5-2-6-12-25)22(29)26(17)14-19(27)24-16-7-3-1-4-8-16/h9-10,13,16,20H,1-8,11-12,14H2,(H,24,27). The van der Waals surface area contributed by atoms with Crippen LogP contribution in [0.5, 0.6) is 0 Å². The molecule has 1 N–H and O–H groups in total. The van der Waals surface area contributed by atoms with Crippen LogP contribution in [0.1, 0.15) is 51.4 Å².